The van der Waals surface area contributed by atoms with Crippen LogP contribution in [-0.2, 0) is 0 Å². The zero-order valence-electron chi connectivity index (χ0n) is 6.45. The van der Waals surface area contributed by atoms with Gasteiger partial charge in [-0.2, -0.15) is 0 Å². The Bertz CT molecular complexity index is 169. The molecule has 0 aromatic rings. The number of rotatable bonds is 0. The lowest BCUT2D eigenvalue weighted by Gasteiger charge is -2.28. The number of nitrogens with two attached hydrogens (primary N) is 1. The van der Waals surface area contributed by atoms with Crippen molar-refractivity contribution in [3.05, 3.63) is 0 Å². The van der Waals surface area contributed by atoms with Crippen LogP contribution in [0.15, 0.2) is 0 Å². The van der Waals surface area contributed by atoms with Gasteiger partial charge in [0.15, 0.2) is 0 Å². The first-order valence-corrected chi connectivity index (χ1v) is 4.18. The van der Waals surface area contributed by atoms with Gasteiger partial charge in [-0.15, -0.1) is 0 Å². The topological polar surface area (TPSA) is 26.0 Å². The van der Waals surface area contributed by atoms with Crippen molar-refractivity contribution in [2.24, 2.45) is 11.1 Å². The molecular formula is C8H13F2N. The first kappa shape index (κ1) is 7.47. The lowest BCUT2D eigenvalue weighted by atomic mass is 9.83. The molecule has 0 aromatic heterocycles. The van der Waals surface area contributed by atoms with Crippen LogP contribution in [0, 0.1) is 5.41 Å². The van der Waals surface area contributed by atoms with Crippen LogP contribution < -0.4 is 5.73 Å². The highest BCUT2D eigenvalue weighted by molar-refractivity contribution is 5.08. The maximum Gasteiger partial charge on any atom is 0.248 e. The summed E-state index contributed by atoms with van der Waals surface area (Å²) < 4.78 is 25.3. The molecule has 2 rings (SSSR count). The average Bonchev–Trinajstić information content (AvgIpc) is 2.54. The Morgan fingerprint density at radius 2 is 1.55 bits per heavy atom. The van der Waals surface area contributed by atoms with E-state index in [2.05, 4.69) is 0 Å². The zero-order valence-corrected chi connectivity index (χ0v) is 6.45. The molecule has 0 saturated heterocycles. The van der Waals surface area contributed by atoms with E-state index in [1.807, 2.05) is 0 Å². The maximum absolute atomic E-state index is 12.7. The summed E-state index contributed by atoms with van der Waals surface area (Å²) >= 11 is 0. The fourth-order valence-electron chi connectivity index (χ4n) is 2.07. The normalized spacial score (nSPS) is 39.0. The molecule has 2 N–H and O–H groups in total. The summed E-state index contributed by atoms with van der Waals surface area (Å²) in [4.78, 5) is 0. The minimum Gasteiger partial charge on any atom is -0.327 e. The summed E-state index contributed by atoms with van der Waals surface area (Å²) in [5, 5.41) is 0. The van der Waals surface area contributed by atoms with Crippen molar-refractivity contribution in [3.8, 4) is 0 Å². The Morgan fingerprint density at radius 3 is 1.91 bits per heavy atom. The molecule has 2 fully saturated rings. The molecule has 3 heteroatoms. The van der Waals surface area contributed by atoms with Crippen molar-refractivity contribution in [2.75, 3.05) is 0 Å². The molecule has 2 aliphatic rings. The number of alkyl halides is 2. The molecule has 2 aliphatic carbocycles. The third kappa shape index (κ3) is 1.15. The number of hydrogen-bond donors (Lipinski definition) is 1. The van der Waals surface area contributed by atoms with Gasteiger partial charge < -0.3 is 5.73 Å². The van der Waals surface area contributed by atoms with Crippen molar-refractivity contribution in [3.63, 3.8) is 0 Å². The predicted octanol–water partition coefficient (Wildman–Crippen LogP) is 1.91. The summed E-state index contributed by atoms with van der Waals surface area (Å²) in [6.07, 6.45) is 2.37. The second kappa shape index (κ2) is 1.94. The SMILES string of the molecule is N[C@@H]1CC12CCC(F)(F)CC2. The minimum atomic E-state index is -2.40. The van der Waals surface area contributed by atoms with Crippen molar-refractivity contribution in [1.29, 1.82) is 0 Å². The van der Waals surface area contributed by atoms with Crippen molar-refractivity contribution >= 4 is 0 Å². The largest absolute Gasteiger partial charge is 0.327 e. The lowest BCUT2D eigenvalue weighted by Crippen LogP contribution is -2.28. The average molecular weight is 161 g/mol. The Balaban J connectivity index is 1.96. The highest BCUT2D eigenvalue weighted by Gasteiger charge is 2.56. The van der Waals surface area contributed by atoms with Crippen molar-refractivity contribution in [2.45, 2.75) is 44.1 Å². The standard InChI is InChI=1S/C8H13F2N/c9-8(10)3-1-7(2-4-8)5-6(7)11/h6H,1-5,11H2/t6-/m1/s1. The molecule has 0 unspecified atom stereocenters. The molecule has 1 spiro atoms. The fraction of sp³-hybridized carbons (Fsp3) is 1.00. The molecule has 0 aliphatic heterocycles. The van der Waals surface area contributed by atoms with E-state index in [-0.39, 0.29) is 24.3 Å². The molecular weight excluding hydrogens is 148 g/mol. The highest BCUT2D eigenvalue weighted by atomic mass is 19.3. The van der Waals surface area contributed by atoms with E-state index in [9.17, 15) is 8.78 Å². The molecule has 0 radical (unpaired) electrons. The van der Waals surface area contributed by atoms with Gasteiger partial charge in [-0.25, -0.2) is 8.78 Å². The smallest absolute Gasteiger partial charge is 0.248 e. The van der Waals surface area contributed by atoms with Gasteiger partial charge in [0, 0.05) is 18.9 Å². The Labute approximate surface area is 65.0 Å². The Hall–Kier alpha value is -0.180. The van der Waals surface area contributed by atoms with E-state index in [0.717, 1.165) is 6.42 Å². The van der Waals surface area contributed by atoms with Gasteiger partial charge in [-0.1, -0.05) is 0 Å². The van der Waals surface area contributed by atoms with E-state index >= 15 is 0 Å². The van der Waals surface area contributed by atoms with Crippen LogP contribution in [0.1, 0.15) is 32.1 Å². The van der Waals surface area contributed by atoms with Gasteiger partial charge in [0.1, 0.15) is 0 Å². The summed E-state index contributed by atoms with van der Waals surface area (Å²) in [5.41, 5.74) is 5.82. The van der Waals surface area contributed by atoms with E-state index < -0.39 is 5.92 Å². The molecule has 0 amide bonds. The molecule has 64 valence electrons. The zero-order chi connectivity index (χ0) is 8.11. The van der Waals surface area contributed by atoms with E-state index in [1.54, 1.807) is 0 Å². The second-order valence-corrected chi connectivity index (χ2v) is 4.03. The van der Waals surface area contributed by atoms with Crippen LogP contribution in [0.3, 0.4) is 0 Å². The Kier molecular flexibility index (Phi) is 1.32. The minimum absolute atomic E-state index is 0.0562. The van der Waals surface area contributed by atoms with E-state index in [4.69, 9.17) is 5.73 Å². The number of halogens is 2. The third-order valence-electron chi connectivity index (χ3n) is 3.23. The van der Waals surface area contributed by atoms with Gasteiger partial charge in [-0.3, -0.25) is 0 Å². The summed E-state index contributed by atoms with van der Waals surface area (Å²) in [7, 11) is 0. The molecule has 11 heavy (non-hydrogen) atoms. The monoisotopic (exact) mass is 161 g/mol. The van der Waals surface area contributed by atoms with Gasteiger partial charge in [0.05, 0.1) is 0 Å². The molecule has 1 nitrogen and oxygen atoms in total. The van der Waals surface area contributed by atoms with Crippen molar-refractivity contribution < 1.29 is 8.78 Å². The first-order valence-electron chi connectivity index (χ1n) is 4.18. The second-order valence-electron chi connectivity index (χ2n) is 4.03. The first-order chi connectivity index (χ1) is 5.04. The van der Waals surface area contributed by atoms with Crippen LogP contribution in [-0.4, -0.2) is 12.0 Å². The van der Waals surface area contributed by atoms with E-state index in [0.29, 0.717) is 12.8 Å². The maximum atomic E-state index is 12.7. The summed E-state index contributed by atoms with van der Waals surface area (Å²) in [6, 6.07) is 0.221. The summed E-state index contributed by atoms with van der Waals surface area (Å²) in [6.45, 7) is 0. The molecule has 0 aromatic carbocycles. The van der Waals surface area contributed by atoms with Crippen LogP contribution in [0.2, 0.25) is 0 Å². The summed E-state index contributed by atoms with van der Waals surface area (Å²) in [5.74, 6) is -2.40. The van der Waals surface area contributed by atoms with Gasteiger partial charge >= 0.3 is 0 Å². The quantitative estimate of drug-likeness (QED) is 0.577. The molecule has 0 heterocycles. The molecule has 2 saturated carbocycles. The third-order valence-corrected chi connectivity index (χ3v) is 3.23. The van der Waals surface area contributed by atoms with Gasteiger partial charge in [0.25, 0.3) is 0 Å². The van der Waals surface area contributed by atoms with Gasteiger partial charge in [-0.05, 0) is 24.7 Å². The van der Waals surface area contributed by atoms with E-state index in [1.165, 1.54) is 0 Å². The number of hydrogen-bond acceptors (Lipinski definition) is 1. The fourth-order valence-corrected chi connectivity index (χ4v) is 2.07. The van der Waals surface area contributed by atoms with Crippen LogP contribution in [0.5, 0.6) is 0 Å². The van der Waals surface area contributed by atoms with Crippen molar-refractivity contribution in [1.82, 2.24) is 0 Å². The highest BCUT2D eigenvalue weighted by Crippen LogP contribution is 2.57. The molecule has 0 bridgehead atoms. The van der Waals surface area contributed by atoms with Crippen LogP contribution in [0.25, 0.3) is 0 Å². The lowest BCUT2D eigenvalue weighted by molar-refractivity contribution is -0.0502. The van der Waals surface area contributed by atoms with Crippen LogP contribution >= 0.6 is 0 Å². The van der Waals surface area contributed by atoms with Crippen LogP contribution in [0.4, 0.5) is 8.78 Å². The van der Waals surface area contributed by atoms with Gasteiger partial charge in [0.2, 0.25) is 5.92 Å². The molecule has 1 atom stereocenters. The Morgan fingerprint density at radius 1 is 1.09 bits per heavy atom. The predicted molar refractivity (Wildman–Crippen MR) is 38.4 cm³/mol.